The maximum atomic E-state index is 12.6. The smallest absolute Gasteiger partial charge is 0.254 e. The lowest BCUT2D eigenvalue weighted by Crippen LogP contribution is -2.47. The van der Waals surface area contributed by atoms with Gasteiger partial charge in [-0.25, -0.2) is 0 Å². The first kappa shape index (κ1) is 17.2. The summed E-state index contributed by atoms with van der Waals surface area (Å²) in [7, 11) is 1.59. The Kier molecular flexibility index (Phi) is 5.38. The second-order valence-electron chi connectivity index (χ2n) is 6.78. The molecule has 1 aliphatic carbocycles. The summed E-state index contributed by atoms with van der Waals surface area (Å²) in [5.74, 6) is 0.645. The Morgan fingerprint density at radius 1 is 1.12 bits per heavy atom. The van der Waals surface area contributed by atoms with Gasteiger partial charge in [-0.05, 0) is 49.9 Å². The number of nitrogens with one attached hydrogen (secondary N) is 1. The summed E-state index contributed by atoms with van der Waals surface area (Å²) < 4.78 is 5.11. The van der Waals surface area contributed by atoms with Crippen molar-refractivity contribution in [2.45, 2.75) is 50.0 Å². The molecule has 0 aromatic heterocycles. The van der Waals surface area contributed by atoms with Crippen molar-refractivity contribution < 1.29 is 19.7 Å². The number of carbonyl (C=O) groups excluding carboxylic acids is 1. The van der Waals surface area contributed by atoms with E-state index in [1.807, 2.05) is 0 Å². The van der Waals surface area contributed by atoms with E-state index in [-0.39, 0.29) is 18.1 Å². The minimum atomic E-state index is -0.556. The molecule has 1 saturated carbocycles. The zero-order valence-electron chi connectivity index (χ0n) is 14.0. The zero-order valence-corrected chi connectivity index (χ0v) is 14.0. The van der Waals surface area contributed by atoms with Crippen LogP contribution in [0.5, 0.6) is 5.75 Å². The van der Waals surface area contributed by atoms with Gasteiger partial charge < -0.3 is 25.2 Å². The van der Waals surface area contributed by atoms with Crippen molar-refractivity contribution in [2.75, 3.05) is 20.2 Å². The summed E-state index contributed by atoms with van der Waals surface area (Å²) >= 11 is 0. The predicted molar refractivity (Wildman–Crippen MR) is 90.1 cm³/mol. The highest BCUT2D eigenvalue weighted by molar-refractivity contribution is 5.94. The number of aliphatic hydroxyl groups excluding tert-OH is 2. The Labute approximate surface area is 142 Å². The van der Waals surface area contributed by atoms with E-state index in [4.69, 9.17) is 4.74 Å². The summed E-state index contributed by atoms with van der Waals surface area (Å²) in [6.07, 6.45) is 2.68. The minimum Gasteiger partial charge on any atom is -0.497 e. The number of carbonyl (C=O) groups is 1. The van der Waals surface area contributed by atoms with E-state index in [9.17, 15) is 15.0 Å². The van der Waals surface area contributed by atoms with E-state index in [2.05, 4.69) is 5.32 Å². The third-order valence-electron chi connectivity index (χ3n) is 5.06. The maximum absolute atomic E-state index is 12.6. The van der Waals surface area contributed by atoms with Crippen molar-refractivity contribution in [1.29, 1.82) is 0 Å². The summed E-state index contributed by atoms with van der Waals surface area (Å²) in [5, 5.41) is 23.3. The van der Waals surface area contributed by atoms with Crippen LogP contribution in [-0.4, -0.2) is 65.5 Å². The highest BCUT2D eigenvalue weighted by atomic mass is 16.5. The van der Waals surface area contributed by atoms with Crippen LogP contribution in [0.1, 0.15) is 36.0 Å². The maximum Gasteiger partial charge on any atom is 0.254 e. The molecule has 1 amide bonds. The van der Waals surface area contributed by atoms with Crippen LogP contribution < -0.4 is 10.1 Å². The number of amides is 1. The molecule has 3 N–H and O–H groups in total. The van der Waals surface area contributed by atoms with Gasteiger partial charge in [0, 0.05) is 24.7 Å². The van der Waals surface area contributed by atoms with E-state index in [1.54, 1.807) is 36.3 Å². The first-order valence-corrected chi connectivity index (χ1v) is 8.62. The minimum absolute atomic E-state index is 0.0694. The van der Waals surface area contributed by atoms with Crippen LogP contribution in [-0.2, 0) is 0 Å². The number of β-amino-alcohol motifs (C(OH)–C–C–N with tert-alkyl or cyclic N) is 1. The van der Waals surface area contributed by atoms with Crippen LogP contribution in [0.4, 0.5) is 0 Å². The first-order chi connectivity index (χ1) is 11.6. The molecule has 2 atom stereocenters. The van der Waals surface area contributed by atoms with Crippen LogP contribution in [0.3, 0.4) is 0 Å². The van der Waals surface area contributed by atoms with E-state index in [0.29, 0.717) is 30.4 Å². The number of aliphatic hydroxyl groups is 2. The average Bonchev–Trinajstić information content (AvgIpc) is 2.97. The van der Waals surface area contributed by atoms with Gasteiger partial charge in [0.1, 0.15) is 5.75 Å². The summed E-state index contributed by atoms with van der Waals surface area (Å²) in [4.78, 5) is 14.3. The lowest BCUT2D eigenvalue weighted by Gasteiger charge is -2.29. The Morgan fingerprint density at radius 3 is 2.42 bits per heavy atom. The Morgan fingerprint density at radius 2 is 1.79 bits per heavy atom. The van der Waals surface area contributed by atoms with Gasteiger partial charge in [0.05, 0.1) is 25.4 Å². The molecule has 0 spiro atoms. The van der Waals surface area contributed by atoms with E-state index in [0.717, 1.165) is 25.7 Å². The van der Waals surface area contributed by atoms with Gasteiger partial charge in [-0.15, -0.1) is 0 Å². The summed E-state index contributed by atoms with van der Waals surface area (Å²) in [6, 6.07) is 7.23. The fraction of sp³-hybridized carbons (Fsp3) is 0.611. The fourth-order valence-corrected chi connectivity index (χ4v) is 3.58. The summed E-state index contributed by atoms with van der Waals surface area (Å²) in [6.45, 7) is 0.850. The SMILES string of the molecule is COc1ccc(C(=O)N2C[C@@H](O)[C@H](NC3CCC(O)CC3)C2)cc1. The van der Waals surface area contributed by atoms with E-state index < -0.39 is 6.10 Å². The van der Waals surface area contributed by atoms with Gasteiger partial charge in [-0.2, -0.15) is 0 Å². The van der Waals surface area contributed by atoms with Crippen LogP contribution in [0.15, 0.2) is 24.3 Å². The number of hydrogen-bond donors (Lipinski definition) is 3. The third-order valence-corrected chi connectivity index (χ3v) is 5.06. The van der Waals surface area contributed by atoms with Gasteiger partial charge in [0.25, 0.3) is 5.91 Å². The largest absolute Gasteiger partial charge is 0.497 e. The predicted octanol–water partition coefficient (Wildman–Crippen LogP) is 0.774. The zero-order chi connectivity index (χ0) is 17.1. The molecule has 0 radical (unpaired) electrons. The Balaban J connectivity index is 1.57. The molecule has 1 aromatic carbocycles. The number of likely N-dealkylation sites (tertiary alicyclic amines) is 1. The van der Waals surface area contributed by atoms with Crippen molar-refractivity contribution in [3.8, 4) is 5.75 Å². The molecule has 1 saturated heterocycles. The normalized spacial score (nSPS) is 30.4. The molecule has 2 fully saturated rings. The number of ether oxygens (including phenoxy) is 1. The van der Waals surface area contributed by atoms with Gasteiger partial charge in [0.2, 0.25) is 0 Å². The van der Waals surface area contributed by atoms with Gasteiger partial charge in [0.15, 0.2) is 0 Å². The van der Waals surface area contributed by atoms with Crippen molar-refractivity contribution >= 4 is 5.91 Å². The van der Waals surface area contributed by atoms with Crippen LogP contribution in [0.25, 0.3) is 0 Å². The lowest BCUT2D eigenvalue weighted by atomic mass is 9.92. The third kappa shape index (κ3) is 3.88. The molecule has 1 heterocycles. The van der Waals surface area contributed by atoms with Crippen LogP contribution in [0, 0.1) is 0 Å². The molecule has 24 heavy (non-hydrogen) atoms. The Hall–Kier alpha value is -1.63. The van der Waals surface area contributed by atoms with Gasteiger partial charge in [-0.3, -0.25) is 4.79 Å². The van der Waals surface area contributed by atoms with Crippen LogP contribution in [0.2, 0.25) is 0 Å². The molecule has 0 bridgehead atoms. The number of methoxy groups -OCH3 is 1. The van der Waals surface area contributed by atoms with E-state index >= 15 is 0 Å². The Bertz CT molecular complexity index is 555. The second-order valence-corrected chi connectivity index (χ2v) is 6.78. The fourth-order valence-electron chi connectivity index (χ4n) is 3.58. The number of hydrogen-bond acceptors (Lipinski definition) is 5. The lowest BCUT2D eigenvalue weighted by molar-refractivity contribution is 0.0764. The average molecular weight is 334 g/mol. The molecule has 1 aromatic rings. The molecule has 3 rings (SSSR count). The quantitative estimate of drug-likeness (QED) is 0.758. The molecule has 1 aliphatic heterocycles. The van der Waals surface area contributed by atoms with Crippen LogP contribution >= 0.6 is 0 Å². The van der Waals surface area contributed by atoms with Crippen molar-refractivity contribution in [1.82, 2.24) is 10.2 Å². The van der Waals surface area contributed by atoms with Gasteiger partial charge in [-0.1, -0.05) is 0 Å². The highest BCUT2D eigenvalue weighted by Crippen LogP contribution is 2.22. The number of rotatable bonds is 4. The molecule has 132 valence electrons. The summed E-state index contributed by atoms with van der Waals surface area (Å²) in [5.41, 5.74) is 0.601. The van der Waals surface area contributed by atoms with Crippen molar-refractivity contribution in [3.63, 3.8) is 0 Å². The monoisotopic (exact) mass is 334 g/mol. The molecule has 6 nitrogen and oxygen atoms in total. The number of nitrogens with zero attached hydrogens (tertiary/aromatic N) is 1. The van der Waals surface area contributed by atoms with Crippen molar-refractivity contribution in [3.05, 3.63) is 29.8 Å². The molecule has 2 aliphatic rings. The van der Waals surface area contributed by atoms with E-state index in [1.165, 1.54) is 0 Å². The molecular weight excluding hydrogens is 308 g/mol. The topological polar surface area (TPSA) is 82.0 Å². The van der Waals surface area contributed by atoms with Crippen molar-refractivity contribution in [2.24, 2.45) is 0 Å². The van der Waals surface area contributed by atoms with Gasteiger partial charge >= 0.3 is 0 Å². The second kappa shape index (κ2) is 7.51. The molecule has 6 heteroatoms. The molecular formula is C18H26N2O4. The number of benzene rings is 1. The first-order valence-electron chi connectivity index (χ1n) is 8.62. The highest BCUT2D eigenvalue weighted by Gasteiger charge is 2.36. The molecule has 0 unspecified atom stereocenters. The standard InChI is InChI=1S/C18H26N2O4/c1-24-15-8-2-12(3-9-15)18(23)20-10-16(17(22)11-20)19-13-4-6-14(21)7-5-13/h2-3,8-9,13-14,16-17,19,21-22H,4-7,10-11H2,1H3/t13?,14?,16-,17-/m1/s1.